The van der Waals surface area contributed by atoms with E-state index >= 15 is 0 Å². The SMILES string of the molecule is CC([NH3+])C(I)=CNC1CCC(O)CC1. The standard InChI is InChI=1S/C10H19IN2O/c1-7(12)10(11)6-13-8-2-4-9(14)5-3-8/h6-9,13-14H,2-5,12H2,1H3/p+1. The Morgan fingerprint density at radius 1 is 1.50 bits per heavy atom. The molecule has 5 N–H and O–H groups in total. The van der Waals surface area contributed by atoms with Crippen LogP contribution in [-0.4, -0.2) is 23.3 Å². The maximum Gasteiger partial charge on any atom is 0.114 e. The van der Waals surface area contributed by atoms with E-state index in [1.807, 2.05) is 0 Å². The molecular weight excluding hydrogens is 291 g/mol. The molecule has 1 fully saturated rings. The molecule has 0 radical (unpaired) electrons. The van der Waals surface area contributed by atoms with Crippen LogP contribution in [-0.2, 0) is 0 Å². The first kappa shape index (κ1) is 12.3. The monoisotopic (exact) mass is 311 g/mol. The fourth-order valence-electron chi connectivity index (χ4n) is 1.58. The quantitative estimate of drug-likeness (QED) is 0.675. The second kappa shape index (κ2) is 5.92. The van der Waals surface area contributed by atoms with Crippen LogP contribution in [0.3, 0.4) is 0 Å². The predicted octanol–water partition coefficient (Wildman–Crippen LogP) is 0.786. The van der Waals surface area contributed by atoms with Gasteiger partial charge in [-0.25, -0.2) is 0 Å². The minimum absolute atomic E-state index is 0.0668. The third kappa shape index (κ3) is 4.14. The van der Waals surface area contributed by atoms with Crippen molar-refractivity contribution in [3.63, 3.8) is 0 Å². The van der Waals surface area contributed by atoms with E-state index in [1.54, 1.807) is 0 Å². The molecule has 1 atom stereocenters. The van der Waals surface area contributed by atoms with Gasteiger partial charge in [0.2, 0.25) is 0 Å². The average molecular weight is 311 g/mol. The second-order valence-corrected chi connectivity index (χ2v) is 5.35. The molecular formula is C10H20IN2O+. The highest BCUT2D eigenvalue weighted by atomic mass is 127. The third-order valence-electron chi connectivity index (χ3n) is 2.62. The highest BCUT2D eigenvalue weighted by molar-refractivity contribution is 14.1. The van der Waals surface area contributed by atoms with Crippen LogP contribution in [0.25, 0.3) is 0 Å². The van der Waals surface area contributed by atoms with Gasteiger partial charge in [0.15, 0.2) is 0 Å². The minimum Gasteiger partial charge on any atom is -0.393 e. The van der Waals surface area contributed by atoms with Gasteiger partial charge >= 0.3 is 0 Å². The van der Waals surface area contributed by atoms with Crippen LogP contribution in [0.4, 0.5) is 0 Å². The summed E-state index contributed by atoms with van der Waals surface area (Å²) in [6, 6.07) is 0.902. The number of aliphatic hydroxyl groups is 1. The topological polar surface area (TPSA) is 59.9 Å². The van der Waals surface area contributed by atoms with Gasteiger partial charge in [-0.05, 0) is 55.2 Å². The summed E-state index contributed by atoms with van der Waals surface area (Å²) in [5.41, 5.74) is 3.96. The molecule has 1 rings (SSSR count). The van der Waals surface area contributed by atoms with Crippen LogP contribution in [0.1, 0.15) is 32.6 Å². The molecule has 0 aromatic carbocycles. The van der Waals surface area contributed by atoms with Crippen molar-refractivity contribution >= 4 is 22.6 Å². The van der Waals surface area contributed by atoms with Crippen molar-refractivity contribution in [3.8, 4) is 0 Å². The molecule has 0 aromatic rings. The largest absolute Gasteiger partial charge is 0.393 e. The summed E-state index contributed by atoms with van der Waals surface area (Å²) >= 11 is 2.32. The lowest BCUT2D eigenvalue weighted by atomic mass is 9.93. The van der Waals surface area contributed by atoms with Crippen molar-refractivity contribution in [3.05, 3.63) is 9.78 Å². The zero-order valence-corrected chi connectivity index (χ0v) is 10.8. The fourth-order valence-corrected chi connectivity index (χ4v) is 1.76. The van der Waals surface area contributed by atoms with E-state index in [4.69, 9.17) is 0 Å². The molecule has 14 heavy (non-hydrogen) atoms. The number of aliphatic hydroxyl groups excluding tert-OH is 1. The first-order valence-electron chi connectivity index (χ1n) is 5.22. The Labute approximate surface area is 99.3 Å². The van der Waals surface area contributed by atoms with Gasteiger partial charge in [-0.2, -0.15) is 0 Å². The number of hydrogen-bond donors (Lipinski definition) is 3. The van der Waals surface area contributed by atoms with E-state index in [0.717, 1.165) is 25.7 Å². The van der Waals surface area contributed by atoms with Gasteiger partial charge in [-0.3, -0.25) is 0 Å². The predicted molar refractivity (Wildman–Crippen MR) is 65.9 cm³/mol. The Morgan fingerprint density at radius 3 is 2.57 bits per heavy atom. The Bertz CT molecular complexity index is 198. The van der Waals surface area contributed by atoms with E-state index in [-0.39, 0.29) is 6.10 Å². The Morgan fingerprint density at radius 2 is 2.07 bits per heavy atom. The lowest BCUT2D eigenvalue weighted by Gasteiger charge is -2.25. The number of nitrogens with one attached hydrogen (secondary N) is 1. The van der Waals surface area contributed by atoms with Crippen LogP contribution < -0.4 is 11.1 Å². The summed E-state index contributed by atoms with van der Waals surface area (Å²) in [6.07, 6.45) is 6.02. The van der Waals surface area contributed by atoms with Crippen LogP contribution in [0.15, 0.2) is 9.78 Å². The first-order chi connectivity index (χ1) is 6.59. The van der Waals surface area contributed by atoms with E-state index in [9.17, 15) is 5.11 Å². The first-order valence-corrected chi connectivity index (χ1v) is 6.30. The summed E-state index contributed by atoms with van der Waals surface area (Å²) in [5.74, 6) is 0. The van der Waals surface area contributed by atoms with Crippen molar-refractivity contribution in [1.29, 1.82) is 0 Å². The van der Waals surface area contributed by atoms with Gasteiger partial charge < -0.3 is 16.2 Å². The van der Waals surface area contributed by atoms with Gasteiger partial charge in [-0.15, -0.1) is 0 Å². The zero-order chi connectivity index (χ0) is 10.6. The summed E-state index contributed by atoms with van der Waals surface area (Å²) < 4.78 is 1.26. The lowest BCUT2D eigenvalue weighted by Crippen LogP contribution is -2.59. The van der Waals surface area contributed by atoms with Gasteiger partial charge in [0, 0.05) is 12.2 Å². The highest BCUT2D eigenvalue weighted by Crippen LogP contribution is 2.18. The Balaban J connectivity index is 2.28. The molecule has 0 saturated heterocycles. The molecule has 82 valence electrons. The van der Waals surface area contributed by atoms with Crippen molar-refractivity contribution in [1.82, 2.24) is 5.32 Å². The maximum atomic E-state index is 9.34. The number of hydrogen-bond acceptors (Lipinski definition) is 2. The Hall–Kier alpha value is 0.190. The number of rotatable bonds is 3. The van der Waals surface area contributed by atoms with Crippen LogP contribution in [0, 0.1) is 0 Å². The molecule has 0 bridgehead atoms. The Kier molecular flexibility index (Phi) is 5.19. The fraction of sp³-hybridized carbons (Fsp3) is 0.800. The van der Waals surface area contributed by atoms with Crippen LogP contribution >= 0.6 is 22.6 Å². The lowest BCUT2D eigenvalue weighted by molar-refractivity contribution is -0.397. The van der Waals surface area contributed by atoms with Gasteiger partial charge in [0.1, 0.15) is 6.04 Å². The van der Waals surface area contributed by atoms with Crippen LogP contribution in [0.5, 0.6) is 0 Å². The summed E-state index contributed by atoms with van der Waals surface area (Å²) in [4.78, 5) is 0. The zero-order valence-electron chi connectivity index (χ0n) is 8.67. The van der Waals surface area contributed by atoms with E-state index < -0.39 is 0 Å². The molecule has 4 heteroatoms. The van der Waals surface area contributed by atoms with Gasteiger partial charge in [0.05, 0.1) is 9.68 Å². The smallest absolute Gasteiger partial charge is 0.114 e. The van der Waals surface area contributed by atoms with Crippen molar-refractivity contribution < 1.29 is 10.8 Å². The molecule has 1 aliphatic rings. The number of halogens is 1. The average Bonchev–Trinajstić information content (AvgIpc) is 2.16. The molecule has 0 spiro atoms. The molecule has 3 nitrogen and oxygen atoms in total. The van der Waals surface area contributed by atoms with Crippen molar-refractivity contribution in [2.45, 2.75) is 50.8 Å². The molecule has 1 saturated carbocycles. The molecule has 0 heterocycles. The minimum atomic E-state index is -0.0668. The second-order valence-electron chi connectivity index (χ2n) is 4.10. The third-order valence-corrected chi connectivity index (χ3v) is 4.00. The number of quaternary nitrogens is 1. The van der Waals surface area contributed by atoms with Gasteiger partial charge in [-0.1, -0.05) is 0 Å². The molecule has 1 aliphatic carbocycles. The van der Waals surface area contributed by atoms with E-state index in [1.165, 1.54) is 3.58 Å². The molecule has 0 amide bonds. The van der Waals surface area contributed by atoms with Gasteiger partial charge in [0.25, 0.3) is 0 Å². The maximum absolute atomic E-state index is 9.34. The van der Waals surface area contributed by atoms with Crippen molar-refractivity contribution in [2.24, 2.45) is 0 Å². The summed E-state index contributed by atoms with van der Waals surface area (Å²) in [6.45, 7) is 2.09. The van der Waals surface area contributed by atoms with E-state index in [2.05, 4.69) is 46.8 Å². The molecule has 0 aliphatic heterocycles. The highest BCUT2D eigenvalue weighted by Gasteiger charge is 2.18. The summed E-state index contributed by atoms with van der Waals surface area (Å²) in [5, 5.41) is 12.7. The van der Waals surface area contributed by atoms with Crippen LogP contribution in [0.2, 0.25) is 0 Å². The molecule has 1 unspecified atom stereocenters. The van der Waals surface area contributed by atoms with Crippen molar-refractivity contribution in [2.75, 3.05) is 0 Å². The normalized spacial score (nSPS) is 31.3. The molecule has 0 aromatic heterocycles. The van der Waals surface area contributed by atoms with E-state index in [0.29, 0.717) is 12.1 Å². The summed E-state index contributed by atoms with van der Waals surface area (Å²) in [7, 11) is 0.